The first-order valence-corrected chi connectivity index (χ1v) is 6.99. The number of anilines is 1. The summed E-state index contributed by atoms with van der Waals surface area (Å²) in [5.74, 6) is 0.696. The van der Waals surface area contributed by atoms with Crippen LogP contribution in [0.3, 0.4) is 0 Å². The summed E-state index contributed by atoms with van der Waals surface area (Å²) in [6.45, 7) is 8.21. The van der Waals surface area contributed by atoms with Crippen molar-refractivity contribution in [3.05, 3.63) is 16.8 Å². The third-order valence-electron chi connectivity index (χ3n) is 3.85. The van der Waals surface area contributed by atoms with Gasteiger partial charge < -0.3 is 10.0 Å². The molecule has 1 aliphatic rings. The van der Waals surface area contributed by atoms with Crippen LogP contribution in [0.1, 0.15) is 23.2 Å². The van der Waals surface area contributed by atoms with Crippen LogP contribution < -0.4 is 4.90 Å². The summed E-state index contributed by atoms with van der Waals surface area (Å²) in [6.07, 6.45) is 0.999. The second-order valence-corrected chi connectivity index (χ2v) is 5.13. The summed E-state index contributed by atoms with van der Waals surface area (Å²) in [6, 6.07) is 2.26. The molecule has 1 aliphatic heterocycles. The topological polar surface area (TPSA) is 76.3 Å². The van der Waals surface area contributed by atoms with Crippen LogP contribution in [0.5, 0.6) is 0 Å². The molecular weight excluding hydrogens is 254 g/mol. The molecule has 0 aliphatic carbocycles. The second-order valence-electron chi connectivity index (χ2n) is 5.13. The van der Waals surface area contributed by atoms with E-state index in [9.17, 15) is 5.26 Å². The number of aliphatic hydroxyl groups excluding tert-OH is 1. The Morgan fingerprint density at radius 2 is 2.00 bits per heavy atom. The first-order valence-electron chi connectivity index (χ1n) is 6.99. The summed E-state index contributed by atoms with van der Waals surface area (Å²) in [5, 5.41) is 26.8. The third-order valence-corrected chi connectivity index (χ3v) is 3.85. The molecule has 2 rings (SSSR count). The zero-order valence-corrected chi connectivity index (χ0v) is 12.1. The van der Waals surface area contributed by atoms with Gasteiger partial charge in [0.2, 0.25) is 0 Å². The van der Waals surface area contributed by atoms with Gasteiger partial charge in [-0.3, -0.25) is 4.90 Å². The van der Waals surface area contributed by atoms with E-state index in [4.69, 9.17) is 5.11 Å². The molecule has 1 aromatic rings. The highest BCUT2D eigenvalue weighted by Crippen LogP contribution is 2.22. The van der Waals surface area contributed by atoms with E-state index in [1.807, 2.05) is 13.8 Å². The minimum atomic E-state index is 0.187. The van der Waals surface area contributed by atoms with Crippen LogP contribution in [-0.2, 0) is 0 Å². The lowest BCUT2D eigenvalue weighted by atomic mass is 10.1. The van der Waals surface area contributed by atoms with E-state index in [0.717, 1.165) is 43.9 Å². The Bertz CT molecular complexity index is 511. The average Bonchev–Trinajstić information content (AvgIpc) is 2.68. The fourth-order valence-electron chi connectivity index (χ4n) is 2.50. The maximum absolute atomic E-state index is 9.37. The van der Waals surface area contributed by atoms with E-state index < -0.39 is 0 Å². The number of hydrogen-bond acceptors (Lipinski definition) is 6. The lowest BCUT2D eigenvalue weighted by molar-refractivity contribution is 0.204. The van der Waals surface area contributed by atoms with Crippen molar-refractivity contribution in [2.24, 2.45) is 0 Å². The number of nitrogens with zero attached hydrogens (tertiary/aromatic N) is 5. The minimum Gasteiger partial charge on any atom is -0.395 e. The summed E-state index contributed by atoms with van der Waals surface area (Å²) in [7, 11) is 0. The van der Waals surface area contributed by atoms with Gasteiger partial charge in [0.25, 0.3) is 0 Å². The van der Waals surface area contributed by atoms with Crippen molar-refractivity contribution in [3.8, 4) is 6.07 Å². The Labute approximate surface area is 119 Å². The highest BCUT2D eigenvalue weighted by atomic mass is 16.3. The lowest BCUT2D eigenvalue weighted by Crippen LogP contribution is -2.33. The summed E-state index contributed by atoms with van der Waals surface area (Å²) >= 11 is 0. The van der Waals surface area contributed by atoms with Gasteiger partial charge in [-0.05, 0) is 32.4 Å². The highest BCUT2D eigenvalue weighted by Gasteiger charge is 2.20. The molecule has 0 unspecified atom stereocenters. The van der Waals surface area contributed by atoms with Crippen LogP contribution in [0.2, 0.25) is 0 Å². The van der Waals surface area contributed by atoms with Crippen molar-refractivity contribution in [2.75, 3.05) is 44.2 Å². The van der Waals surface area contributed by atoms with E-state index in [0.29, 0.717) is 17.9 Å². The number of aliphatic hydroxyl groups is 1. The molecule has 6 heteroatoms. The summed E-state index contributed by atoms with van der Waals surface area (Å²) < 4.78 is 0. The molecule has 108 valence electrons. The van der Waals surface area contributed by atoms with Crippen molar-refractivity contribution in [1.29, 1.82) is 5.26 Å². The molecule has 1 N–H and O–H groups in total. The molecule has 0 amide bonds. The maximum atomic E-state index is 9.37. The molecule has 0 bridgehead atoms. The number of hydrogen-bond donors (Lipinski definition) is 1. The number of nitriles is 1. The number of aromatic nitrogens is 2. The predicted octanol–water partition coefficient (Wildman–Crippen LogP) is 0.470. The number of aryl methyl sites for hydroxylation is 1. The molecule has 0 spiro atoms. The third kappa shape index (κ3) is 3.06. The monoisotopic (exact) mass is 275 g/mol. The number of rotatable bonds is 3. The van der Waals surface area contributed by atoms with E-state index >= 15 is 0 Å². The van der Waals surface area contributed by atoms with Crippen LogP contribution in [0.15, 0.2) is 0 Å². The minimum absolute atomic E-state index is 0.187. The number of β-amino-alcohol motifs (C(OH)–C–C–N with tert-alkyl or cyclic N) is 1. The molecule has 2 heterocycles. The molecule has 1 aromatic heterocycles. The quantitative estimate of drug-likeness (QED) is 0.864. The Morgan fingerprint density at radius 1 is 1.20 bits per heavy atom. The molecule has 0 saturated carbocycles. The van der Waals surface area contributed by atoms with E-state index in [1.54, 1.807) is 0 Å². The lowest BCUT2D eigenvalue weighted by Gasteiger charge is -2.23. The maximum Gasteiger partial charge on any atom is 0.169 e. The van der Waals surface area contributed by atoms with Gasteiger partial charge in [-0.2, -0.15) is 10.4 Å². The highest BCUT2D eigenvalue weighted by molar-refractivity contribution is 5.57. The molecule has 0 atom stereocenters. The Morgan fingerprint density at radius 3 is 2.70 bits per heavy atom. The van der Waals surface area contributed by atoms with E-state index in [-0.39, 0.29) is 6.61 Å². The SMILES string of the molecule is Cc1nnc(N2CCCN(CCO)CC2)c(C#N)c1C. The van der Waals surface area contributed by atoms with Gasteiger partial charge in [-0.15, -0.1) is 5.10 Å². The fourth-order valence-corrected chi connectivity index (χ4v) is 2.50. The van der Waals surface area contributed by atoms with Gasteiger partial charge >= 0.3 is 0 Å². The standard InChI is InChI=1S/C14H21N5O/c1-11-12(2)16-17-14(13(11)10-15)19-5-3-4-18(6-7-19)8-9-20/h20H,3-9H2,1-2H3. The second kappa shape index (κ2) is 6.64. The molecular formula is C14H21N5O. The van der Waals surface area contributed by atoms with Crippen molar-refractivity contribution in [1.82, 2.24) is 15.1 Å². The van der Waals surface area contributed by atoms with Gasteiger partial charge in [0.1, 0.15) is 11.6 Å². The van der Waals surface area contributed by atoms with Crippen molar-refractivity contribution < 1.29 is 5.11 Å². The van der Waals surface area contributed by atoms with Gasteiger partial charge in [-0.1, -0.05) is 0 Å². The fraction of sp³-hybridized carbons (Fsp3) is 0.643. The smallest absolute Gasteiger partial charge is 0.169 e. The largest absolute Gasteiger partial charge is 0.395 e. The molecule has 1 fully saturated rings. The molecule has 20 heavy (non-hydrogen) atoms. The van der Waals surface area contributed by atoms with Crippen molar-refractivity contribution in [3.63, 3.8) is 0 Å². The summed E-state index contributed by atoms with van der Waals surface area (Å²) in [4.78, 5) is 4.37. The zero-order chi connectivity index (χ0) is 14.5. The Hall–Kier alpha value is -1.71. The van der Waals surface area contributed by atoms with E-state index in [2.05, 4.69) is 26.1 Å². The van der Waals surface area contributed by atoms with Crippen LogP contribution in [-0.4, -0.2) is 59.5 Å². The van der Waals surface area contributed by atoms with Gasteiger partial charge in [0.15, 0.2) is 5.82 Å². The summed E-state index contributed by atoms with van der Waals surface area (Å²) in [5.41, 5.74) is 2.35. The molecule has 0 radical (unpaired) electrons. The average molecular weight is 275 g/mol. The van der Waals surface area contributed by atoms with Crippen LogP contribution in [0.25, 0.3) is 0 Å². The van der Waals surface area contributed by atoms with E-state index in [1.165, 1.54) is 0 Å². The van der Waals surface area contributed by atoms with Crippen LogP contribution in [0, 0.1) is 25.2 Å². The predicted molar refractivity (Wildman–Crippen MR) is 76.6 cm³/mol. The molecule has 6 nitrogen and oxygen atoms in total. The first-order chi connectivity index (χ1) is 9.67. The van der Waals surface area contributed by atoms with Crippen LogP contribution >= 0.6 is 0 Å². The van der Waals surface area contributed by atoms with Gasteiger partial charge in [-0.25, -0.2) is 0 Å². The normalized spacial score (nSPS) is 16.8. The van der Waals surface area contributed by atoms with Crippen LogP contribution in [0.4, 0.5) is 5.82 Å². The Balaban J connectivity index is 2.20. The van der Waals surface area contributed by atoms with Crippen molar-refractivity contribution in [2.45, 2.75) is 20.3 Å². The molecule has 1 saturated heterocycles. The zero-order valence-electron chi connectivity index (χ0n) is 12.1. The first kappa shape index (κ1) is 14.7. The van der Waals surface area contributed by atoms with Gasteiger partial charge in [0, 0.05) is 26.2 Å². The Kier molecular flexibility index (Phi) is 4.88. The van der Waals surface area contributed by atoms with Gasteiger partial charge in [0.05, 0.1) is 12.3 Å². The van der Waals surface area contributed by atoms with Crippen molar-refractivity contribution >= 4 is 5.82 Å². The molecule has 0 aromatic carbocycles.